The molecule has 1 aliphatic rings. The van der Waals surface area contributed by atoms with Crippen LogP contribution in [0.1, 0.15) is 45.6 Å². The lowest BCUT2D eigenvalue weighted by Gasteiger charge is -2.23. The Hall–Kier alpha value is -3.37. The summed E-state index contributed by atoms with van der Waals surface area (Å²) in [7, 11) is 0. The Morgan fingerprint density at radius 1 is 1.24 bits per heavy atom. The Kier molecular flexibility index (Phi) is 6.95. The van der Waals surface area contributed by atoms with Crippen LogP contribution in [-0.4, -0.2) is 49.8 Å². The molecular weight excluding hydrogens is 427 g/mol. The predicted molar refractivity (Wildman–Crippen MR) is 120 cm³/mol. The van der Waals surface area contributed by atoms with Gasteiger partial charge in [-0.05, 0) is 55.5 Å². The summed E-state index contributed by atoms with van der Waals surface area (Å²) in [6, 6.07) is 2.93. The minimum atomic E-state index is -0.414. The highest BCUT2D eigenvalue weighted by atomic mass is 19.1. The highest BCUT2D eigenvalue weighted by Gasteiger charge is 2.17. The summed E-state index contributed by atoms with van der Waals surface area (Å²) in [6.07, 6.45) is 6.63. The SMILES string of the molecule is Cc1cnc(NC2CCOCC2)nc1-n1cnc(C(=O)NCc2cc(F)cc(C)c2CO)c1. The van der Waals surface area contributed by atoms with E-state index in [2.05, 4.69) is 25.6 Å². The lowest BCUT2D eigenvalue weighted by molar-refractivity contribution is 0.0903. The first-order chi connectivity index (χ1) is 15.9. The monoisotopic (exact) mass is 454 g/mol. The van der Waals surface area contributed by atoms with Crippen molar-refractivity contribution in [2.45, 2.75) is 45.9 Å². The molecule has 1 aromatic carbocycles. The van der Waals surface area contributed by atoms with E-state index in [4.69, 9.17) is 4.74 Å². The average Bonchev–Trinajstić information content (AvgIpc) is 3.29. The maximum atomic E-state index is 13.8. The number of rotatable bonds is 7. The van der Waals surface area contributed by atoms with Gasteiger partial charge < -0.3 is 20.5 Å². The summed E-state index contributed by atoms with van der Waals surface area (Å²) in [5, 5.41) is 15.7. The van der Waals surface area contributed by atoms with E-state index in [0.29, 0.717) is 41.7 Å². The second kappa shape index (κ2) is 10.1. The van der Waals surface area contributed by atoms with Crippen molar-refractivity contribution in [3.05, 3.63) is 64.6 Å². The van der Waals surface area contributed by atoms with E-state index in [0.717, 1.165) is 18.4 Å². The predicted octanol–water partition coefficient (Wildman–Crippen LogP) is 2.43. The molecule has 0 saturated carbocycles. The number of amides is 1. The summed E-state index contributed by atoms with van der Waals surface area (Å²) in [6.45, 7) is 4.87. The van der Waals surface area contributed by atoms with E-state index in [1.54, 1.807) is 23.9 Å². The number of aliphatic hydroxyl groups is 1. The molecule has 0 bridgehead atoms. The van der Waals surface area contributed by atoms with E-state index in [1.807, 2.05) is 6.92 Å². The van der Waals surface area contributed by atoms with Crippen LogP contribution in [0.3, 0.4) is 0 Å². The summed E-state index contributed by atoms with van der Waals surface area (Å²) in [5.74, 6) is 0.309. The summed E-state index contributed by atoms with van der Waals surface area (Å²) < 4.78 is 20.8. The van der Waals surface area contributed by atoms with Crippen molar-refractivity contribution in [3.8, 4) is 5.82 Å². The van der Waals surface area contributed by atoms with Gasteiger partial charge in [0.25, 0.3) is 5.91 Å². The van der Waals surface area contributed by atoms with Crippen LogP contribution in [-0.2, 0) is 17.9 Å². The van der Waals surface area contributed by atoms with Crippen molar-refractivity contribution in [2.75, 3.05) is 18.5 Å². The number of aryl methyl sites for hydroxylation is 2. The zero-order valence-corrected chi connectivity index (χ0v) is 18.6. The number of benzene rings is 1. The fourth-order valence-corrected chi connectivity index (χ4v) is 3.84. The molecule has 3 aromatic rings. The molecule has 10 heteroatoms. The number of hydrogen-bond donors (Lipinski definition) is 3. The van der Waals surface area contributed by atoms with Gasteiger partial charge in [0.05, 0.1) is 6.61 Å². The van der Waals surface area contributed by atoms with Crippen LogP contribution in [0.2, 0.25) is 0 Å². The first-order valence-corrected chi connectivity index (χ1v) is 10.8. The molecule has 0 spiro atoms. The molecule has 3 N–H and O–H groups in total. The van der Waals surface area contributed by atoms with Crippen LogP contribution in [0, 0.1) is 19.7 Å². The maximum Gasteiger partial charge on any atom is 0.271 e. The molecule has 3 heterocycles. The molecule has 0 unspecified atom stereocenters. The number of hydrogen-bond acceptors (Lipinski definition) is 7. The van der Waals surface area contributed by atoms with Crippen LogP contribution in [0.4, 0.5) is 10.3 Å². The fraction of sp³-hybridized carbons (Fsp3) is 0.391. The molecule has 174 valence electrons. The second-order valence-corrected chi connectivity index (χ2v) is 8.10. The Bertz CT molecular complexity index is 1140. The second-order valence-electron chi connectivity index (χ2n) is 8.10. The molecule has 33 heavy (non-hydrogen) atoms. The quantitative estimate of drug-likeness (QED) is 0.502. The summed E-state index contributed by atoms with van der Waals surface area (Å²) in [4.78, 5) is 25.8. The number of nitrogens with one attached hydrogen (secondary N) is 2. The number of imidazole rings is 1. The zero-order chi connectivity index (χ0) is 23.4. The van der Waals surface area contributed by atoms with Crippen molar-refractivity contribution in [1.29, 1.82) is 0 Å². The van der Waals surface area contributed by atoms with Gasteiger partial charge in [0, 0.05) is 43.8 Å². The number of ether oxygens (including phenoxy) is 1. The number of aromatic nitrogens is 4. The van der Waals surface area contributed by atoms with Gasteiger partial charge in [-0.15, -0.1) is 0 Å². The summed E-state index contributed by atoms with van der Waals surface area (Å²) >= 11 is 0. The topological polar surface area (TPSA) is 114 Å². The van der Waals surface area contributed by atoms with Crippen molar-refractivity contribution >= 4 is 11.9 Å². The van der Waals surface area contributed by atoms with E-state index in [1.165, 1.54) is 18.5 Å². The maximum absolute atomic E-state index is 13.8. The van der Waals surface area contributed by atoms with Gasteiger partial charge >= 0.3 is 0 Å². The minimum Gasteiger partial charge on any atom is -0.392 e. The number of halogens is 1. The highest BCUT2D eigenvalue weighted by molar-refractivity contribution is 5.92. The smallest absolute Gasteiger partial charge is 0.271 e. The Labute approximate surface area is 191 Å². The Morgan fingerprint density at radius 3 is 2.79 bits per heavy atom. The molecule has 1 aliphatic heterocycles. The van der Waals surface area contributed by atoms with Gasteiger partial charge in [0.2, 0.25) is 5.95 Å². The van der Waals surface area contributed by atoms with Gasteiger partial charge in [-0.2, -0.15) is 4.98 Å². The van der Waals surface area contributed by atoms with Crippen molar-refractivity contribution < 1.29 is 19.0 Å². The first kappa shape index (κ1) is 22.8. The number of carbonyl (C=O) groups excluding carboxylic acids is 1. The molecule has 0 radical (unpaired) electrons. The van der Waals surface area contributed by atoms with Crippen LogP contribution >= 0.6 is 0 Å². The molecule has 0 atom stereocenters. The van der Waals surface area contributed by atoms with E-state index < -0.39 is 11.7 Å². The highest BCUT2D eigenvalue weighted by Crippen LogP contribution is 2.18. The Morgan fingerprint density at radius 2 is 2.03 bits per heavy atom. The minimum absolute atomic E-state index is 0.0753. The molecule has 1 saturated heterocycles. The van der Waals surface area contributed by atoms with Gasteiger partial charge in [-0.1, -0.05) is 0 Å². The molecule has 9 nitrogen and oxygen atoms in total. The normalized spacial score (nSPS) is 14.3. The largest absolute Gasteiger partial charge is 0.392 e. The lowest BCUT2D eigenvalue weighted by Crippen LogP contribution is -2.28. The number of anilines is 1. The fourth-order valence-electron chi connectivity index (χ4n) is 3.84. The molecule has 1 amide bonds. The third-order valence-electron chi connectivity index (χ3n) is 5.69. The summed E-state index contributed by atoms with van der Waals surface area (Å²) in [5.41, 5.74) is 2.79. The zero-order valence-electron chi connectivity index (χ0n) is 18.6. The molecular formula is C23H27FN6O3. The van der Waals surface area contributed by atoms with Gasteiger partial charge in [0.1, 0.15) is 23.7 Å². The van der Waals surface area contributed by atoms with Crippen LogP contribution in [0.5, 0.6) is 0 Å². The number of aliphatic hydroxyl groups excluding tert-OH is 1. The Balaban J connectivity index is 1.46. The van der Waals surface area contributed by atoms with Crippen LogP contribution < -0.4 is 10.6 Å². The van der Waals surface area contributed by atoms with Gasteiger partial charge in [0.15, 0.2) is 0 Å². The van der Waals surface area contributed by atoms with E-state index in [-0.39, 0.29) is 24.9 Å². The van der Waals surface area contributed by atoms with Crippen LogP contribution in [0.25, 0.3) is 5.82 Å². The van der Waals surface area contributed by atoms with Crippen molar-refractivity contribution in [3.63, 3.8) is 0 Å². The number of carbonyl (C=O) groups is 1. The molecule has 2 aromatic heterocycles. The number of nitrogens with zero attached hydrogens (tertiary/aromatic N) is 4. The van der Waals surface area contributed by atoms with Crippen molar-refractivity contribution in [2.24, 2.45) is 0 Å². The standard InChI is InChI=1S/C23H27FN6O3/c1-14-7-17(24)8-16(19(14)12-31)10-25-22(32)20-11-30(13-27-20)21-15(2)9-26-23(29-21)28-18-3-5-33-6-4-18/h7-9,11,13,18,31H,3-6,10,12H2,1-2H3,(H,25,32)(H,26,28,29). The third-order valence-corrected chi connectivity index (χ3v) is 5.69. The van der Waals surface area contributed by atoms with Gasteiger partial charge in [-0.3, -0.25) is 9.36 Å². The first-order valence-electron chi connectivity index (χ1n) is 10.8. The van der Waals surface area contributed by atoms with E-state index in [9.17, 15) is 14.3 Å². The average molecular weight is 455 g/mol. The van der Waals surface area contributed by atoms with Gasteiger partial charge in [-0.25, -0.2) is 14.4 Å². The van der Waals surface area contributed by atoms with Crippen molar-refractivity contribution in [1.82, 2.24) is 24.8 Å². The van der Waals surface area contributed by atoms with Crippen LogP contribution in [0.15, 0.2) is 30.9 Å². The lowest BCUT2D eigenvalue weighted by atomic mass is 10.0. The molecule has 4 rings (SSSR count). The molecule has 1 fully saturated rings. The molecule has 0 aliphatic carbocycles. The third kappa shape index (κ3) is 5.35. The van der Waals surface area contributed by atoms with E-state index >= 15 is 0 Å².